The van der Waals surface area contributed by atoms with Crippen LogP contribution in [0.2, 0.25) is 0 Å². The van der Waals surface area contributed by atoms with Crippen LogP contribution in [0.15, 0.2) is 53.7 Å². The van der Waals surface area contributed by atoms with Crippen molar-refractivity contribution < 1.29 is 9.18 Å². The molecule has 2 aromatic carbocycles. The topological polar surface area (TPSA) is 83.6 Å². The van der Waals surface area contributed by atoms with E-state index in [9.17, 15) is 9.18 Å². The van der Waals surface area contributed by atoms with Gasteiger partial charge in [-0.15, -0.1) is 10.2 Å². The van der Waals surface area contributed by atoms with Gasteiger partial charge in [0.2, 0.25) is 11.0 Å². The van der Waals surface area contributed by atoms with Gasteiger partial charge >= 0.3 is 0 Å². The number of aromatic nitrogens is 4. The minimum Gasteiger partial charge on any atom is -0.333 e. The average molecular weight is 399 g/mol. The van der Waals surface area contributed by atoms with Crippen molar-refractivity contribution in [2.24, 2.45) is 0 Å². The minimum atomic E-state index is -0.372. The monoisotopic (exact) mass is 399 g/mol. The molecule has 4 rings (SSSR count). The zero-order valence-electron chi connectivity index (χ0n) is 14.1. The van der Waals surface area contributed by atoms with Crippen LogP contribution in [0.25, 0.3) is 21.6 Å². The fourth-order valence-electron chi connectivity index (χ4n) is 2.40. The smallest absolute Gasteiger partial charge is 0.239 e. The van der Waals surface area contributed by atoms with Gasteiger partial charge in [-0.3, -0.25) is 10.1 Å². The molecule has 27 heavy (non-hydrogen) atoms. The largest absolute Gasteiger partial charge is 0.333 e. The number of carbonyl (C=O) groups is 1. The molecule has 4 aromatic rings. The fraction of sp³-hybridized carbons (Fsp3) is 0.111. The number of thioether (sulfide) groups is 1. The van der Waals surface area contributed by atoms with Crippen LogP contribution in [0.5, 0.6) is 0 Å². The number of rotatable bonds is 5. The molecule has 0 saturated carbocycles. The highest BCUT2D eigenvalue weighted by Gasteiger charge is 2.18. The first-order valence-electron chi connectivity index (χ1n) is 8.10. The average Bonchev–Trinajstić information content (AvgIpc) is 3.28. The quantitative estimate of drug-likeness (QED) is 0.488. The third kappa shape index (κ3) is 3.99. The Morgan fingerprint density at radius 2 is 1.96 bits per heavy atom. The van der Waals surface area contributed by atoms with E-state index in [1.54, 1.807) is 19.1 Å². The van der Waals surface area contributed by atoms with Gasteiger partial charge in [-0.2, -0.15) is 0 Å². The molecule has 0 unspecified atom stereocenters. The standard InChI is InChI=1S/C18H14FN5OS2/c1-10(26-17-20-13-4-2-3-5-14(13)21-17)15(25)22-18-24-23-16(27-18)11-6-8-12(19)9-7-11/h2-10H,1H3,(H,20,21)(H,22,24,25)/t10-/m0/s1. The number of hydrogen-bond acceptors (Lipinski definition) is 6. The van der Waals surface area contributed by atoms with E-state index in [0.717, 1.165) is 16.6 Å². The van der Waals surface area contributed by atoms with E-state index in [0.29, 0.717) is 15.3 Å². The summed E-state index contributed by atoms with van der Waals surface area (Å²) in [5.41, 5.74) is 2.54. The molecule has 136 valence electrons. The van der Waals surface area contributed by atoms with Gasteiger partial charge in [0, 0.05) is 5.56 Å². The lowest BCUT2D eigenvalue weighted by Crippen LogP contribution is -2.22. The highest BCUT2D eigenvalue weighted by Crippen LogP contribution is 2.28. The van der Waals surface area contributed by atoms with Crippen molar-refractivity contribution >= 4 is 45.2 Å². The highest BCUT2D eigenvalue weighted by molar-refractivity contribution is 8.00. The number of H-pyrrole nitrogens is 1. The lowest BCUT2D eigenvalue weighted by Gasteiger charge is -2.07. The normalized spacial score (nSPS) is 12.2. The maximum Gasteiger partial charge on any atom is 0.239 e. The van der Waals surface area contributed by atoms with E-state index in [2.05, 4.69) is 25.5 Å². The van der Waals surface area contributed by atoms with Crippen molar-refractivity contribution in [2.75, 3.05) is 5.32 Å². The van der Waals surface area contributed by atoms with Crippen molar-refractivity contribution in [3.05, 3.63) is 54.3 Å². The molecule has 0 aliphatic heterocycles. The Balaban J connectivity index is 1.41. The SMILES string of the molecule is C[C@H](Sc1nc2ccccc2[nH]1)C(=O)Nc1nnc(-c2ccc(F)cc2)s1. The molecular weight excluding hydrogens is 385 g/mol. The van der Waals surface area contributed by atoms with Gasteiger partial charge in [0.15, 0.2) is 5.16 Å². The Bertz CT molecular complexity index is 1060. The second-order valence-corrected chi connectivity index (χ2v) is 8.03. The first kappa shape index (κ1) is 17.6. The lowest BCUT2D eigenvalue weighted by atomic mass is 10.2. The minimum absolute atomic E-state index is 0.192. The van der Waals surface area contributed by atoms with Crippen LogP contribution in [0.1, 0.15) is 6.92 Å². The van der Waals surface area contributed by atoms with Crippen molar-refractivity contribution in [3.63, 3.8) is 0 Å². The Labute approximate surface area is 162 Å². The molecule has 0 aliphatic rings. The number of benzene rings is 2. The Hall–Kier alpha value is -2.78. The van der Waals surface area contributed by atoms with Gasteiger partial charge in [0.05, 0.1) is 16.3 Å². The van der Waals surface area contributed by atoms with Crippen molar-refractivity contribution in [3.8, 4) is 10.6 Å². The first-order chi connectivity index (χ1) is 13.1. The number of carbonyl (C=O) groups excluding carboxylic acids is 1. The molecular formula is C18H14FN5OS2. The summed E-state index contributed by atoms with van der Waals surface area (Å²) in [6.45, 7) is 1.80. The number of nitrogens with zero attached hydrogens (tertiary/aromatic N) is 3. The van der Waals surface area contributed by atoms with Crippen molar-refractivity contribution in [1.29, 1.82) is 0 Å². The van der Waals surface area contributed by atoms with Crippen molar-refractivity contribution in [2.45, 2.75) is 17.3 Å². The Morgan fingerprint density at radius 1 is 1.19 bits per heavy atom. The maximum atomic E-state index is 13.0. The summed E-state index contributed by atoms with van der Waals surface area (Å²) in [7, 11) is 0. The molecule has 6 nitrogen and oxygen atoms in total. The second-order valence-electron chi connectivity index (χ2n) is 5.73. The van der Waals surface area contributed by atoms with Crippen LogP contribution in [-0.2, 0) is 4.79 Å². The van der Waals surface area contributed by atoms with E-state index in [1.165, 1.54) is 35.2 Å². The zero-order valence-corrected chi connectivity index (χ0v) is 15.8. The number of amides is 1. The highest BCUT2D eigenvalue weighted by atomic mass is 32.2. The van der Waals surface area contributed by atoms with E-state index >= 15 is 0 Å². The molecule has 0 fully saturated rings. The predicted molar refractivity (Wildman–Crippen MR) is 105 cm³/mol. The third-order valence-electron chi connectivity index (χ3n) is 3.77. The van der Waals surface area contributed by atoms with Gasteiger partial charge in [-0.05, 0) is 43.3 Å². The van der Waals surface area contributed by atoms with Gasteiger partial charge in [0.25, 0.3) is 0 Å². The number of fused-ring (bicyclic) bond motifs is 1. The number of anilines is 1. The van der Waals surface area contributed by atoms with Crippen LogP contribution in [0.3, 0.4) is 0 Å². The Kier molecular flexibility index (Phi) is 4.87. The summed E-state index contributed by atoms with van der Waals surface area (Å²) in [6, 6.07) is 13.7. The molecule has 1 amide bonds. The van der Waals surface area contributed by atoms with Crippen LogP contribution in [0.4, 0.5) is 9.52 Å². The fourth-order valence-corrected chi connectivity index (χ4v) is 3.97. The summed E-state index contributed by atoms with van der Waals surface area (Å²) in [5, 5.41) is 12.1. The summed E-state index contributed by atoms with van der Waals surface area (Å²) >= 11 is 2.58. The summed E-state index contributed by atoms with van der Waals surface area (Å²) in [5.74, 6) is -0.504. The van der Waals surface area contributed by atoms with Gasteiger partial charge in [-0.1, -0.05) is 35.2 Å². The third-order valence-corrected chi connectivity index (χ3v) is 5.64. The molecule has 2 aromatic heterocycles. The van der Waals surface area contributed by atoms with Crippen LogP contribution in [-0.4, -0.2) is 31.3 Å². The maximum absolute atomic E-state index is 13.0. The molecule has 1 atom stereocenters. The van der Waals surface area contributed by atoms with E-state index in [1.807, 2.05) is 24.3 Å². The number of halogens is 1. The molecule has 2 heterocycles. The number of aromatic amines is 1. The van der Waals surface area contributed by atoms with E-state index in [-0.39, 0.29) is 17.0 Å². The molecule has 0 radical (unpaired) electrons. The lowest BCUT2D eigenvalue weighted by molar-refractivity contribution is -0.115. The summed E-state index contributed by atoms with van der Waals surface area (Å²) in [4.78, 5) is 20.1. The molecule has 9 heteroatoms. The molecule has 0 aliphatic carbocycles. The van der Waals surface area contributed by atoms with Crippen LogP contribution >= 0.6 is 23.1 Å². The number of hydrogen-bond donors (Lipinski definition) is 2. The molecule has 0 saturated heterocycles. The molecule has 0 spiro atoms. The predicted octanol–water partition coefficient (Wildman–Crippen LogP) is 4.34. The number of nitrogens with one attached hydrogen (secondary N) is 2. The van der Waals surface area contributed by atoms with Crippen LogP contribution in [0, 0.1) is 5.82 Å². The zero-order chi connectivity index (χ0) is 18.8. The second kappa shape index (κ2) is 7.45. The van der Waals surface area contributed by atoms with Crippen molar-refractivity contribution in [1.82, 2.24) is 20.2 Å². The Morgan fingerprint density at radius 3 is 2.74 bits per heavy atom. The van der Waals surface area contributed by atoms with Gasteiger partial charge in [0.1, 0.15) is 10.8 Å². The summed E-state index contributed by atoms with van der Waals surface area (Å²) in [6.07, 6.45) is 0. The number of para-hydroxylation sites is 2. The first-order valence-corrected chi connectivity index (χ1v) is 9.80. The molecule has 0 bridgehead atoms. The van der Waals surface area contributed by atoms with E-state index < -0.39 is 0 Å². The van der Waals surface area contributed by atoms with Crippen LogP contribution < -0.4 is 5.32 Å². The van der Waals surface area contributed by atoms with E-state index in [4.69, 9.17) is 0 Å². The summed E-state index contributed by atoms with van der Waals surface area (Å²) < 4.78 is 13.0. The number of imidazole rings is 1. The van der Waals surface area contributed by atoms with Gasteiger partial charge < -0.3 is 4.98 Å². The molecule has 2 N–H and O–H groups in total. The van der Waals surface area contributed by atoms with Gasteiger partial charge in [-0.25, -0.2) is 9.37 Å².